The zero-order chi connectivity index (χ0) is 17.8. The van der Waals surface area contributed by atoms with Crippen LogP contribution in [0.2, 0.25) is 0 Å². The number of hydrogen-bond acceptors (Lipinski definition) is 4. The third-order valence-electron chi connectivity index (χ3n) is 2.64. The van der Waals surface area contributed by atoms with Crippen molar-refractivity contribution < 1.29 is 30.7 Å². The molecule has 0 aromatic carbocycles. The van der Waals surface area contributed by atoms with Gasteiger partial charge in [0.05, 0.1) is 0 Å². The second-order valence-corrected chi connectivity index (χ2v) is 6.86. The predicted molar refractivity (Wildman–Crippen MR) is 71.4 cm³/mol. The van der Waals surface area contributed by atoms with Crippen molar-refractivity contribution in [1.29, 1.82) is 5.26 Å². The largest absolute Gasteiger partial charge is 0.741 e. The fourth-order valence-corrected chi connectivity index (χ4v) is 1.26. The van der Waals surface area contributed by atoms with Crippen molar-refractivity contribution in [2.45, 2.75) is 44.7 Å². The Hall–Kier alpha value is -1.66. The SMILES string of the molecule is CC(C#N)[n+]1ccc(C(C)(C)C)cc1.O=S(=O)([O-])C(F)(F)F. The van der Waals surface area contributed by atoms with Gasteiger partial charge in [-0.2, -0.15) is 23.0 Å². The van der Waals surface area contributed by atoms with E-state index >= 15 is 0 Å². The fraction of sp³-hybridized carbons (Fsp3) is 0.538. The zero-order valence-corrected chi connectivity index (χ0v) is 13.4. The zero-order valence-electron chi connectivity index (χ0n) is 12.5. The molecule has 0 aliphatic carbocycles. The number of aromatic nitrogens is 1. The van der Waals surface area contributed by atoms with Gasteiger partial charge in [-0.1, -0.05) is 20.8 Å². The second-order valence-electron chi connectivity index (χ2n) is 5.49. The molecule has 1 heterocycles. The average molecular weight is 338 g/mol. The summed E-state index contributed by atoms with van der Waals surface area (Å²) in [5, 5.41) is 8.75. The van der Waals surface area contributed by atoms with Crippen LogP contribution in [0.1, 0.15) is 39.3 Å². The molecule has 1 aromatic rings. The van der Waals surface area contributed by atoms with Gasteiger partial charge in [0.1, 0.15) is 6.07 Å². The van der Waals surface area contributed by atoms with E-state index in [1.165, 1.54) is 5.56 Å². The Labute approximate surface area is 127 Å². The first kappa shape index (κ1) is 20.3. The highest BCUT2D eigenvalue weighted by Gasteiger charge is 2.36. The van der Waals surface area contributed by atoms with Crippen molar-refractivity contribution in [2.24, 2.45) is 0 Å². The molecule has 124 valence electrons. The summed E-state index contributed by atoms with van der Waals surface area (Å²) in [6.45, 7) is 8.43. The molecule has 0 saturated carbocycles. The second kappa shape index (κ2) is 7.07. The maximum absolute atomic E-state index is 10.7. The lowest BCUT2D eigenvalue weighted by molar-refractivity contribution is -0.707. The monoisotopic (exact) mass is 338 g/mol. The Morgan fingerprint density at radius 3 is 1.82 bits per heavy atom. The van der Waals surface area contributed by atoms with Crippen LogP contribution in [0.3, 0.4) is 0 Å². The Morgan fingerprint density at radius 2 is 1.59 bits per heavy atom. The van der Waals surface area contributed by atoms with E-state index in [1.54, 1.807) is 0 Å². The van der Waals surface area contributed by atoms with E-state index in [4.69, 9.17) is 18.2 Å². The van der Waals surface area contributed by atoms with Crippen LogP contribution in [0, 0.1) is 11.3 Å². The highest BCUT2D eigenvalue weighted by atomic mass is 32.2. The highest BCUT2D eigenvalue weighted by Crippen LogP contribution is 2.21. The Morgan fingerprint density at radius 1 is 1.23 bits per heavy atom. The maximum atomic E-state index is 10.7. The van der Waals surface area contributed by atoms with Gasteiger partial charge in [0, 0.05) is 19.1 Å². The molecular formula is C13H17F3N2O3S. The molecule has 1 unspecified atom stereocenters. The Kier molecular flexibility index (Phi) is 6.53. The molecule has 0 N–H and O–H groups in total. The number of pyridine rings is 1. The van der Waals surface area contributed by atoms with Crippen molar-refractivity contribution >= 4 is 10.1 Å². The van der Waals surface area contributed by atoms with E-state index in [0.717, 1.165) is 0 Å². The number of nitrogens with zero attached hydrogens (tertiary/aromatic N) is 2. The van der Waals surface area contributed by atoms with Crippen molar-refractivity contribution in [3.05, 3.63) is 30.1 Å². The van der Waals surface area contributed by atoms with Crippen molar-refractivity contribution in [3.8, 4) is 6.07 Å². The molecule has 1 atom stereocenters. The molecule has 0 aliphatic heterocycles. The molecule has 0 aliphatic rings. The minimum Gasteiger partial charge on any atom is -0.741 e. The van der Waals surface area contributed by atoms with Gasteiger partial charge in [0.15, 0.2) is 22.5 Å². The fourth-order valence-electron chi connectivity index (χ4n) is 1.26. The van der Waals surface area contributed by atoms with Gasteiger partial charge < -0.3 is 4.55 Å². The molecule has 22 heavy (non-hydrogen) atoms. The first-order chi connectivity index (χ1) is 9.70. The maximum Gasteiger partial charge on any atom is 0.485 e. The van der Waals surface area contributed by atoms with Crippen molar-refractivity contribution in [2.75, 3.05) is 0 Å². The normalized spacial score (nSPS) is 13.6. The number of nitriles is 1. The lowest BCUT2D eigenvalue weighted by atomic mass is 9.88. The summed E-state index contributed by atoms with van der Waals surface area (Å²) in [6.07, 6.45) is 3.93. The summed E-state index contributed by atoms with van der Waals surface area (Å²) >= 11 is 0. The first-order valence-corrected chi connectivity index (χ1v) is 7.54. The number of halogens is 3. The van der Waals surface area contributed by atoms with Crippen molar-refractivity contribution in [1.82, 2.24) is 0 Å². The van der Waals surface area contributed by atoms with Crippen LogP contribution >= 0.6 is 0 Å². The van der Waals surface area contributed by atoms with Crippen LogP contribution in [0.4, 0.5) is 13.2 Å². The smallest absolute Gasteiger partial charge is 0.485 e. The van der Waals surface area contributed by atoms with Gasteiger partial charge in [-0.15, -0.1) is 0 Å². The van der Waals surface area contributed by atoms with Crippen LogP contribution < -0.4 is 4.57 Å². The van der Waals surface area contributed by atoms with Gasteiger partial charge in [0.25, 0.3) is 0 Å². The lowest BCUT2D eigenvalue weighted by Crippen LogP contribution is -2.36. The molecule has 5 nitrogen and oxygen atoms in total. The summed E-state index contributed by atoms with van der Waals surface area (Å²) in [5.74, 6) is 0. The topological polar surface area (TPSA) is 84.9 Å². The summed E-state index contributed by atoms with van der Waals surface area (Å²) in [7, 11) is -6.09. The van der Waals surface area contributed by atoms with E-state index in [1.807, 2.05) is 23.9 Å². The molecule has 0 radical (unpaired) electrons. The van der Waals surface area contributed by atoms with E-state index in [9.17, 15) is 13.2 Å². The Balaban J connectivity index is 0.000000472. The van der Waals surface area contributed by atoms with Crippen LogP contribution in [-0.4, -0.2) is 18.5 Å². The summed E-state index contributed by atoms with van der Waals surface area (Å²) < 4.78 is 60.8. The molecule has 0 saturated heterocycles. The summed E-state index contributed by atoms with van der Waals surface area (Å²) in [4.78, 5) is 0. The summed E-state index contributed by atoms with van der Waals surface area (Å²) in [5.41, 5.74) is -4.18. The van der Waals surface area contributed by atoms with E-state index in [0.29, 0.717) is 0 Å². The van der Waals surface area contributed by atoms with E-state index in [2.05, 4.69) is 39.0 Å². The van der Waals surface area contributed by atoms with Crippen LogP contribution in [-0.2, 0) is 15.5 Å². The van der Waals surface area contributed by atoms with Gasteiger partial charge in [0.2, 0.25) is 6.04 Å². The van der Waals surface area contributed by atoms with E-state index < -0.39 is 15.6 Å². The molecule has 9 heteroatoms. The number of alkyl halides is 3. The number of rotatable bonds is 1. The van der Waals surface area contributed by atoms with Crippen LogP contribution in [0.5, 0.6) is 0 Å². The number of hydrogen-bond donors (Lipinski definition) is 0. The molecule has 1 aromatic heterocycles. The molecule has 0 amide bonds. The minimum absolute atomic E-state index is 0.0935. The molecule has 0 spiro atoms. The molecular weight excluding hydrogens is 321 g/mol. The summed E-state index contributed by atoms with van der Waals surface area (Å²) in [6, 6.07) is 6.26. The third-order valence-corrected chi connectivity index (χ3v) is 3.20. The van der Waals surface area contributed by atoms with Gasteiger partial charge >= 0.3 is 5.51 Å². The van der Waals surface area contributed by atoms with Gasteiger partial charge in [-0.25, -0.2) is 8.42 Å². The minimum atomic E-state index is -6.09. The first-order valence-electron chi connectivity index (χ1n) is 6.13. The molecule has 0 fully saturated rings. The third kappa shape index (κ3) is 6.41. The van der Waals surface area contributed by atoms with Crippen LogP contribution in [0.25, 0.3) is 0 Å². The molecule has 1 rings (SSSR count). The quantitative estimate of drug-likeness (QED) is 0.447. The van der Waals surface area contributed by atoms with Crippen molar-refractivity contribution in [3.63, 3.8) is 0 Å². The highest BCUT2D eigenvalue weighted by molar-refractivity contribution is 7.86. The lowest BCUT2D eigenvalue weighted by Gasteiger charge is -2.17. The predicted octanol–water partition coefficient (Wildman–Crippen LogP) is 2.41. The molecule has 0 bridgehead atoms. The van der Waals surface area contributed by atoms with Crippen LogP contribution in [0.15, 0.2) is 24.5 Å². The Bertz CT molecular complexity index is 626. The average Bonchev–Trinajstić information content (AvgIpc) is 2.35. The standard InChI is InChI=1S/C12H17N2.CHF3O3S/c1-10(9-13)14-7-5-11(6-8-14)12(2,3)4;2-1(3,4)8(5,6)7/h5-8,10H,1-4H3;(H,5,6,7)/q+1;/p-1. The van der Waals surface area contributed by atoms with Gasteiger partial charge in [-0.3, -0.25) is 0 Å². The van der Waals surface area contributed by atoms with Gasteiger partial charge in [-0.05, 0) is 11.0 Å². The van der Waals surface area contributed by atoms with E-state index in [-0.39, 0.29) is 11.5 Å².